The second-order valence-electron chi connectivity index (χ2n) is 7.31. The number of urea groups is 2. The number of nitrogens with one attached hydrogen (secondary N) is 4. The highest BCUT2D eigenvalue weighted by Gasteiger charge is 2.10. The third-order valence-corrected chi connectivity index (χ3v) is 4.49. The fourth-order valence-corrected chi connectivity index (χ4v) is 2.82. The van der Waals surface area contributed by atoms with Gasteiger partial charge in [0.15, 0.2) is 0 Å². The quantitative estimate of drug-likeness (QED) is 0.370. The molecule has 0 radical (unpaired) electrons. The molecule has 2 aromatic rings. The minimum absolute atomic E-state index is 0.212. The van der Waals surface area contributed by atoms with Gasteiger partial charge in [0.25, 0.3) is 0 Å². The molecule has 0 saturated carbocycles. The number of aromatic nitrogens is 1. The zero-order valence-electron chi connectivity index (χ0n) is 18.7. The van der Waals surface area contributed by atoms with Gasteiger partial charge in [-0.15, -0.1) is 0 Å². The van der Waals surface area contributed by atoms with Crippen molar-refractivity contribution >= 4 is 35.2 Å². The monoisotopic (exact) mass is 473 g/mol. The Hall–Kier alpha value is -3.55. The lowest BCUT2D eigenvalue weighted by Crippen LogP contribution is -2.37. The molecule has 0 spiro atoms. The SMILES string of the molecule is CN(C)CCCNC(=O)NCCCOc1ccc(Cl)cc1NC(=O)Nc1ccc(C#N)cn1. The molecular weight excluding hydrogens is 446 g/mol. The third-order valence-electron chi connectivity index (χ3n) is 4.26. The number of pyridine rings is 1. The summed E-state index contributed by atoms with van der Waals surface area (Å²) in [5.74, 6) is 0.734. The molecule has 2 rings (SSSR count). The van der Waals surface area contributed by atoms with Gasteiger partial charge in [-0.2, -0.15) is 5.26 Å². The molecule has 0 saturated heterocycles. The van der Waals surface area contributed by atoms with E-state index in [2.05, 4.69) is 31.2 Å². The van der Waals surface area contributed by atoms with E-state index in [1.54, 1.807) is 24.3 Å². The minimum Gasteiger partial charge on any atom is -0.491 e. The van der Waals surface area contributed by atoms with Crippen LogP contribution in [0.1, 0.15) is 18.4 Å². The first kappa shape index (κ1) is 25.7. The van der Waals surface area contributed by atoms with E-state index >= 15 is 0 Å². The molecule has 33 heavy (non-hydrogen) atoms. The number of hydrogen-bond donors (Lipinski definition) is 4. The highest BCUT2D eigenvalue weighted by atomic mass is 35.5. The maximum atomic E-state index is 12.3. The van der Waals surface area contributed by atoms with Gasteiger partial charge in [-0.25, -0.2) is 14.6 Å². The van der Waals surface area contributed by atoms with Crippen molar-refractivity contribution in [1.29, 1.82) is 5.26 Å². The summed E-state index contributed by atoms with van der Waals surface area (Å²) in [7, 11) is 3.97. The van der Waals surface area contributed by atoms with E-state index in [0.717, 1.165) is 13.0 Å². The topological polar surface area (TPSA) is 131 Å². The highest BCUT2D eigenvalue weighted by Crippen LogP contribution is 2.28. The Bertz CT molecular complexity index is 961. The second kappa shape index (κ2) is 13.8. The lowest BCUT2D eigenvalue weighted by molar-refractivity contribution is 0.238. The van der Waals surface area contributed by atoms with Crippen LogP contribution < -0.4 is 26.0 Å². The molecule has 10 nitrogen and oxygen atoms in total. The summed E-state index contributed by atoms with van der Waals surface area (Å²) < 4.78 is 5.75. The third kappa shape index (κ3) is 10.1. The van der Waals surface area contributed by atoms with Crippen LogP contribution in [0.3, 0.4) is 0 Å². The Kier molecular flexibility index (Phi) is 10.7. The van der Waals surface area contributed by atoms with E-state index in [0.29, 0.717) is 54.0 Å². The summed E-state index contributed by atoms with van der Waals surface area (Å²) in [6.07, 6.45) is 2.82. The molecule has 4 N–H and O–H groups in total. The van der Waals surface area contributed by atoms with Crippen molar-refractivity contribution in [2.75, 3.05) is 51.0 Å². The lowest BCUT2D eigenvalue weighted by atomic mass is 10.3. The summed E-state index contributed by atoms with van der Waals surface area (Å²) in [6.45, 7) is 2.30. The molecule has 0 fully saturated rings. The van der Waals surface area contributed by atoms with Crippen LogP contribution in [-0.2, 0) is 0 Å². The van der Waals surface area contributed by atoms with Crippen LogP contribution in [0.15, 0.2) is 36.5 Å². The van der Waals surface area contributed by atoms with Crippen molar-refractivity contribution < 1.29 is 14.3 Å². The molecule has 1 heterocycles. The average molecular weight is 474 g/mol. The van der Waals surface area contributed by atoms with Crippen LogP contribution in [0, 0.1) is 11.3 Å². The van der Waals surface area contributed by atoms with Crippen LogP contribution in [0.25, 0.3) is 0 Å². The van der Waals surface area contributed by atoms with Crippen LogP contribution in [0.4, 0.5) is 21.1 Å². The van der Waals surface area contributed by atoms with Crippen LogP contribution in [0.5, 0.6) is 5.75 Å². The predicted octanol–water partition coefficient (Wildman–Crippen LogP) is 3.27. The van der Waals surface area contributed by atoms with Crippen LogP contribution in [-0.4, -0.2) is 62.3 Å². The zero-order valence-corrected chi connectivity index (χ0v) is 19.4. The van der Waals surface area contributed by atoms with Gasteiger partial charge in [0, 0.05) is 24.3 Å². The Balaban J connectivity index is 1.76. The number of ether oxygens (including phenoxy) is 1. The first-order valence-corrected chi connectivity index (χ1v) is 10.8. The predicted molar refractivity (Wildman–Crippen MR) is 128 cm³/mol. The zero-order chi connectivity index (χ0) is 24.1. The first-order chi connectivity index (χ1) is 15.9. The standard InChI is InChI=1S/C22H28ClN7O3/c1-30(2)11-3-9-25-21(31)26-10-4-12-33-19-7-6-17(23)13-18(19)28-22(32)29-20-8-5-16(14-24)15-27-20/h5-8,13,15H,3-4,9-12H2,1-2H3,(H2,25,26,31)(H2,27,28,29,32). The van der Waals surface area contributed by atoms with Crippen LogP contribution >= 0.6 is 11.6 Å². The summed E-state index contributed by atoms with van der Waals surface area (Å²) >= 11 is 6.05. The van der Waals surface area contributed by atoms with Crippen molar-refractivity contribution in [3.63, 3.8) is 0 Å². The Morgan fingerprint density at radius 3 is 2.52 bits per heavy atom. The van der Waals surface area contributed by atoms with Gasteiger partial charge < -0.3 is 25.6 Å². The molecule has 1 aromatic heterocycles. The molecule has 176 valence electrons. The average Bonchev–Trinajstić information content (AvgIpc) is 2.78. The van der Waals surface area contributed by atoms with E-state index in [4.69, 9.17) is 21.6 Å². The van der Waals surface area contributed by atoms with Crippen molar-refractivity contribution in [2.45, 2.75) is 12.8 Å². The van der Waals surface area contributed by atoms with E-state index in [1.807, 2.05) is 20.2 Å². The van der Waals surface area contributed by atoms with Gasteiger partial charge in [-0.05, 0) is 63.8 Å². The Morgan fingerprint density at radius 2 is 1.85 bits per heavy atom. The van der Waals surface area contributed by atoms with Crippen molar-refractivity contribution in [3.05, 3.63) is 47.1 Å². The minimum atomic E-state index is -0.535. The fourth-order valence-electron chi connectivity index (χ4n) is 2.65. The number of nitriles is 1. The Labute approximate surface area is 198 Å². The number of rotatable bonds is 11. The fraction of sp³-hybridized carbons (Fsp3) is 0.364. The normalized spacial score (nSPS) is 10.3. The summed E-state index contributed by atoms with van der Waals surface area (Å²) in [5, 5.41) is 20.1. The number of halogens is 1. The van der Waals surface area contributed by atoms with Crippen molar-refractivity contribution in [3.8, 4) is 11.8 Å². The number of carbonyl (C=O) groups is 2. The molecule has 0 aliphatic carbocycles. The van der Waals surface area contributed by atoms with Gasteiger partial charge in [0.05, 0.1) is 17.9 Å². The number of carbonyl (C=O) groups excluding carboxylic acids is 2. The molecule has 0 unspecified atom stereocenters. The molecular formula is C22H28ClN7O3. The van der Waals surface area contributed by atoms with E-state index in [1.165, 1.54) is 12.3 Å². The molecule has 0 bridgehead atoms. The van der Waals surface area contributed by atoms with Gasteiger partial charge >= 0.3 is 12.1 Å². The number of nitrogens with zero attached hydrogens (tertiary/aromatic N) is 3. The highest BCUT2D eigenvalue weighted by molar-refractivity contribution is 6.31. The van der Waals surface area contributed by atoms with Crippen LogP contribution in [0.2, 0.25) is 5.02 Å². The van der Waals surface area contributed by atoms with Crippen molar-refractivity contribution in [1.82, 2.24) is 20.5 Å². The van der Waals surface area contributed by atoms with E-state index in [9.17, 15) is 9.59 Å². The van der Waals surface area contributed by atoms with Gasteiger partial charge in [0.2, 0.25) is 0 Å². The van der Waals surface area contributed by atoms with Gasteiger partial charge in [-0.1, -0.05) is 11.6 Å². The molecule has 0 atom stereocenters. The number of hydrogen-bond acceptors (Lipinski definition) is 6. The summed E-state index contributed by atoms with van der Waals surface area (Å²) in [6, 6.07) is 9.17. The Morgan fingerprint density at radius 1 is 1.09 bits per heavy atom. The number of benzene rings is 1. The molecule has 1 aromatic carbocycles. The van der Waals surface area contributed by atoms with E-state index < -0.39 is 6.03 Å². The molecule has 11 heteroatoms. The van der Waals surface area contributed by atoms with E-state index in [-0.39, 0.29) is 6.03 Å². The molecule has 4 amide bonds. The number of amides is 4. The van der Waals surface area contributed by atoms with Crippen molar-refractivity contribution in [2.24, 2.45) is 0 Å². The molecule has 0 aliphatic heterocycles. The summed E-state index contributed by atoms with van der Waals surface area (Å²) in [4.78, 5) is 30.1. The molecule has 0 aliphatic rings. The maximum Gasteiger partial charge on any atom is 0.324 e. The van der Waals surface area contributed by atoms with Gasteiger partial charge in [0.1, 0.15) is 17.6 Å². The van der Waals surface area contributed by atoms with Gasteiger partial charge in [-0.3, -0.25) is 5.32 Å². The summed E-state index contributed by atoms with van der Waals surface area (Å²) in [5.41, 5.74) is 0.781. The smallest absolute Gasteiger partial charge is 0.324 e. The maximum absolute atomic E-state index is 12.3. The first-order valence-electron chi connectivity index (χ1n) is 10.4. The second-order valence-corrected chi connectivity index (χ2v) is 7.74. The lowest BCUT2D eigenvalue weighted by Gasteiger charge is -2.14. The number of anilines is 2. The largest absolute Gasteiger partial charge is 0.491 e.